The number of halogens is 1. The van der Waals surface area contributed by atoms with Crippen molar-refractivity contribution in [2.45, 2.75) is 39.7 Å². The average molecular weight is 312 g/mol. The van der Waals surface area contributed by atoms with Crippen LogP contribution < -0.4 is 0 Å². The molecule has 0 aliphatic carbocycles. The summed E-state index contributed by atoms with van der Waals surface area (Å²) in [5.74, 6) is 0.0218. The molecule has 0 saturated heterocycles. The van der Waals surface area contributed by atoms with Gasteiger partial charge in [-0.1, -0.05) is 24.9 Å². The summed E-state index contributed by atoms with van der Waals surface area (Å²) in [5, 5.41) is 0.389. The fourth-order valence-corrected chi connectivity index (χ4v) is 2.73. The first-order valence-electron chi connectivity index (χ1n) is 7.51. The predicted octanol–water partition coefficient (Wildman–Crippen LogP) is 3.10. The Kier molecular flexibility index (Phi) is 7.12. The standard InChI is InChI=1S/C16H26ClN3O/c1-6-8-14-9-13(10-15(17)18-14)16(21)20(7-2)12(3)11-19(4)5/h9-10,12H,6-8,11H2,1-5H3. The van der Waals surface area contributed by atoms with Crippen molar-refractivity contribution in [3.63, 3.8) is 0 Å². The van der Waals surface area contributed by atoms with Crippen LogP contribution in [0.2, 0.25) is 5.15 Å². The van der Waals surface area contributed by atoms with Gasteiger partial charge in [0.05, 0.1) is 0 Å². The largest absolute Gasteiger partial charge is 0.335 e. The van der Waals surface area contributed by atoms with Crippen molar-refractivity contribution in [3.05, 3.63) is 28.5 Å². The molecule has 0 saturated carbocycles. The monoisotopic (exact) mass is 311 g/mol. The van der Waals surface area contributed by atoms with Gasteiger partial charge in [0.15, 0.2) is 0 Å². The van der Waals surface area contributed by atoms with Crippen molar-refractivity contribution in [2.75, 3.05) is 27.2 Å². The maximum atomic E-state index is 12.7. The van der Waals surface area contributed by atoms with E-state index in [0.29, 0.717) is 17.3 Å². The Hall–Kier alpha value is -1.13. The summed E-state index contributed by atoms with van der Waals surface area (Å²) in [6, 6.07) is 3.68. The maximum absolute atomic E-state index is 12.7. The lowest BCUT2D eigenvalue weighted by atomic mass is 10.1. The minimum atomic E-state index is 0.0218. The van der Waals surface area contributed by atoms with Gasteiger partial charge in [-0.25, -0.2) is 4.98 Å². The molecular formula is C16H26ClN3O. The second-order valence-electron chi connectivity index (χ2n) is 5.62. The van der Waals surface area contributed by atoms with Crippen LogP contribution in [0.3, 0.4) is 0 Å². The molecule has 0 aliphatic heterocycles. The lowest BCUT2D eigenvalue weighted by Crippen LogP contribution is -2.43. The van der Waals surface area contributed by atoms with Gasteiger partial charge in [-0.15, -0.1) is 0 Å². The molecule has 4 nitrogen and oxygen atoms in total. The van der Waals surface area contributed by atoms with E-state index in [1.807, 2.05) is 32.0 Å². The lowest BCUT2D eigenvalue weighted by Gasteiger charge is -2.30. The van der Waals surface area contributed by atoms with Gasteiger partial charge < -0.3 is 9.80 Å². The van der Waals surface area contributed by atoms with E-state index in [1.165, 1.54) is 0 Å². The van der Waals surface area contributed by atoms with Crippen molar-refractivity contribution >= 4 is 17.5 Å². The van der Waals surface area contributed by atoms with Crippen LogP contribution in [0.25, 0.3) is 0 Å². The van der Waals surface area contributed by atoms with Gasteiger partial charge in [-0.3, -0.25) is 4.79 Å². The molecule has 0 aromatic carbocycles. The number of carbonyl (C=O) groups excluding carboxylic acids is 1. The highest BCUT2D eigenvalue weighted by molar-refractivity contribution is 6.29. The first kappa shape index (κ1) is 17.9. The van der Waals surface area contributed by atoms with Crippen molar-refractivity contribution in [1.82, 2.24) is 14.8 Å². The quantitative estimate of drug-likeness (QED) is 0.726. The summed E-state index contributed by atoms with van der Waals surface area (Å²) in [6.07, 6.45) is 1.82. The van der Waals surface area contributed by atoms with Gasteiger partial charge in [-0.2, -0.15) is 0 Å². The molecular weight excluding hydrogens is 286 g/mol. The summed E-state index contributed by atoms with van der Waals surface area (Å²) < 4.78 is 0. The average Bonchev–Trinajstić information content (AvgIpc) is 2.38. The molecule has 21 heavy (non-hydrogen) atoms. The molecule has 0 aliphatic rings. The first-order chi connectivity index (χ1) is 9.88. The van der Waals surface area contributed by atoms with Crippen LogP contribution in [0.1, 0.15) is 43.2 Å². The number of hydrogen-bond acceptors (Lipinski definition) is 3. The van der Waals surface area contributed by atoms with E-state index in [0.717, 1.165) is 25.1 Å². The predicted molar refractivity (Wildman–Crippen MR) is 88.0 cm³/mol. The van der Waals surface area contributed by atoms with Crippen LogP contribution in [0.4, 0.5) is 0 Å². The van der Waals surface area contributed by atoms with Gasteiger partial charge >= 0.3 is 0 Å². The lowest BCUT2D eigenvalue weighted by molar-refractivity contribution is 0.0679. The van der Waals surface area contributed by atoms with Gasteiger partial charge in [0.25, 0.3) is 5.91 Å². The van der Waals surface area contributed by atoms with E-state index in [2.05, 4.69) is 23.7 Å². The van der Waals surface area contributed by atoms with Crippen LogP contribution in [-0.4, -0.2) is 53.9 Å². The maximum Gasteiger partial charge on any atom is 0.254 e. The highest BCUT2D eigenvalue weighted by atomic mass is 35.5. The second-order valence-corrected chi connectivity index (χ2v) is 6.01. The molecule has 1 heterocycles. The number of hydrogen-bond donors (Lipinski definition) is 0. The zero-order valence-corrected chi connectivity index (χ0v) is 14.4. The Bertz CT molecular complexity index is 477. The van der Waals surface area contributed by atoms with Crippen molar-refractivity contribution in [2.24, 2.45) is 0 Å². The number of rotatable bonds is 7. The molecule has 0 spiro atoms. The molecule has 1 unspecified atom stereocenters. The molecule has 0 bridgehead atoms. The number of likely N-dealkylation sites (N-methyl/N-ethyl adjacent to an activating group) is 2. The SMILES string of the molecule is CCCc1cc(C(=O)N(CC)C(C)CN(C)C)cc(Cl)n1. The van der Waals surface area contributed by atoms with E-state index in [9.17, 15) is 4.79 Å². The minimum absolute atomic E-state index is 0.0218. The van der Waals surface area contributed by atoms with Crippen LogP contribution in [0.15, 0.2) is 12.1 Å². The van der Waals surface area contributed by atoms with Gasteiger partial charge in [0.2, 0.25) is 0 Å². The number of amides is 1. The Labute approximate surface area is 133 Å². The number of aryl methyl sites for hydroxylation is 1. The second kappa shape index (κ2) is 8.35. The molecule has 0 radical (unpaired) electrons. The highest BCUT2D eigenvalue weighted by Gasteiger charge is 2.21. The smallest absolute Gasteiger partial charge is 0.254 e. The summed E-state index contributed by atoms with van der Waals surface area (Å²) in [7, 11) is 4.02. The van der Waals surface area contributed by atoms with Crippen LogP contribution in [0, 0.1) is 0 Å². The molecule has 0 N–H and O–H groups in total. The summed E-state index contributed by atoms with van der Waals surface area (Å²) >= 11 is 6.05. The summed E-state index contributed by atoms with van der Waals surface area (Å²) in [4.78, 5) is 21.0. The zero-order chi connectivity index (χ0) is 16.0. The third-order valence-electron chi connectivity index (χ3n) is 3.36. The number of aromatic nitrogens is 1. The number of pyridine rings is 1. The molecule has 1 rings (SSSR count). The van der Waals surface area contributed by atoms with E-state index >= 15 is 0 Å². The molecule has 0 fully saturated rings. The highest BCUT2D eigenvalue weighted by Crippen LogP contribution is 2.16. The van der Waals surface area contributed by atoms with Crippen LogP contribution >= 0.6 is 11.6 Å². The molecule has 1 aromatic heterocycles. The molecule has 1 aromatic rings. The fourth-order valence-electron chi connectivity index (χ4n) is 2.51. The topological polar surface area (TPSA) is 36.4 Å². The minimum Gasteiger partial charge on any atom is -0.335 e. The van der Waals surface area contributed by atoms with Gasteiger partial charge in [0.1, 0.15) is 5.15 Å². The van der Waals surface area contributed by atoms with E-state index in [1.54, 1.807) is 6.07 Å². The van der Waals surface area contributed by atoms with E-state index < -0.39 is 0 Å². The van der Waals surface area contributed by atoms with E-state index in [-0.39, 0.29) is 11.9 Å². The molecule has 5 heteroatoms. The Balaban J connectivity index is 2.99. The Morgan fingerprint density at radius 2 is 2.00 bits per heavy atom. The summed E-state index contributed by atoms with van der Waals surface area (Å²) in [6.45, 7) is 7.66. The molecule has 1 atom stereocenters. The third kappa shape index (κ3) is 5.29. The number of carbonyl (C=O) groups is 1. The Morgan fingerprint density at radius 3 is 2.52 bits per heavy atom. The van der Waals surface area contributed by atoms with Gasteiger partial charge in [0, 0.05) is 30.4 Å². The number of nitrogens with zero attached hydrogens (tertiary/aromatic N) is 3. The van der Waals surface area contributed by atoms with E-state index in [4.69, 9.17) is 11.6 Å². The Morgan fingerprint density at radius 1 is 1.33 bits per heavy atom. The first-order valence-corrected chi connectivity index (χ1v) is 7.89. The summed E-state index contributed by atoms with van der Waals surface area (Å²) in [5.41, 5.74) is 1.51. The molecule has 118 valence electrons. The van der Waals surface area contributed by atoms with Gasteiger partial charge in [-0.05, 0) is 46.5 Å². The zero-order valence-electron chi connectivity index (χ0n) is 13.7. The van der Waals surface area contributed by atoms with Crippen molar-refractivity contribution in [1.29, 1.82) is 0 Å². The molecule has 1 amide bonds. The van der Waals surface area contributed by atoms with Crippen LogP contribution in [0.5, 0.6) is 0 Å². The van der Waals surface area contributed by atoms with Crippen molar-refractivity contribution < 1.29 is 4.79 Å². The fraction of sp³-hybridized carbons (Fsp3) is 0.625. The third-order valence-corrected chi connectivity index (χ3v) is 3.56. The normalized spacial score (nSPS) is 12.5. The van der Waals surface area contributed by atoms with Crippen LogP contribution in [-0.2, 0) is 6.42 Å². The van der Waals surface area contributed by atoms with Crippen molar-refractivity contribution in [3.8, 4) is 0 Å².